The molecule has 0 saturated carbocycles. The minimum Gasteiger partial charge on any atom is -0.352 e. The Morgan fingerprint density at radius 1 is 1.55 bits per heavy atom. The summed E-state index contributed by atoms with van der Waals surface area (Å²) in [5.41, 5.74) is 0.756. The molecule has 2 rings (SSSR count). The zero-order valence-corrected chi connectivity index (χ0v) is 11.8. The van der Waals surface area contributed by atoms with Crippen LogP contribution in [0.4, 0.5) is 0 Å². The van der Waals surface area contributed by atoms with Crippen LogP contribution in [-0.4, -0.2) is 33.3 Å². The van der Waals surface area contributed by atoms with E-state index in [4.69, 9.17) is 4.52 Å². The summed E-state index contributed by atoms with van der Waals surface area (Å²) >= 11 is 1.36. The van der Waals surface area contributed by atoms with Crippen LogP contribution in [0.25, 0.3) is 11.5 Å². The van der Waals surface area contributed by atoms with Gasteiger partial charge in [-0.2, -0.15) is 4.98 Å². The molecular weight excluding hydrogens is 276 g/mol. The molecule has 0 saturated heterocycles. The number of rotatable bonds is 6. The molecule has 104 valence electrons. The monoisotopic (exact) mass is 290 g/mol. The van der Waals surface area contributed by atoms with Gasteiger partial charge in [0.1, 0.15) is 0 Å². The third-order valence-electron chi connectivity index (χ3n) is 2.31. The topological polar surface area (TPSA) is 80.9 Å². The first-order valence-electron chi connectivity index (χ1n) is 5.96. The number of carbonyl (C=O) groups excluding carboxylic acids is 1. The highest BCUT2D eigenvalue weighted by molar-refractivity contribution is 7.99. The van der Waals surface area contributed by atoms with E-state index in [2.05, 4.69) is 27.0 Å². The lowest BCUT2D eigenvalue weighted by Crippen LogP contribution is -2.24. The smallest absolute Gasteiger partial charge is 0.259 e. The number of nitrogens with zero attached hydrogens (tertiary/aromatic N) is 3. The summed E-state index contributed by atoms with van der Waals surface area (Å²) in [6.45, 7) is 5.77. The van der Waals surface area contributed by atoms with Gasteiger partial charge in [0.15, 0.2) is 5.82 Å². The number of hydrogen-bond acceptors (Lipinski definition) is 6. The van der Waals surface area contributed by atoms with Crippen LogP contribution >= 0.6 is 11.8 Å². The first-order valence-corrected chi connectivity index (χ1v) is 6.94. The minimum atomic E-state index is -0.0479. The van der Waals surface area contributed by atoms with Crippen LogP contribution in [0.1, 0.15) is 5.82 Å². The molecule has 0 atom stereocenters. The molecule has 6 nitrogen and oxygen atoms in total. The van der Waals surface area contributed by atoms with Crippen molar-refractivity contribution < 1.29 is 9.32 Å². The Balaban J connectivity index is 1.91. The minimum absolute atomic E-state index is 0.0479. The summed E-state index contributed by atoms with van der Waals surface area (Å²) in [6.07, 6.45) is 3.29. The molecule has 2 aromatic heterocycles. The fraction of sp³-hybridized carbons (Fsp3) is 0.231. The quantitative estimate of drug-likeness (QED) is 0.646. The Morgan fingerprint density at radius 3 is 3.00 bits per heavy atom. The molecule has 2 heterocycles. The molecule has 1 N–H and O–H groups in total. The molecule has 2 aromatic rings. The van der Waals surface area contributed by atoms with Crippen LogP contribution in [0.15, 0.2) is 40.5 Å². The molecule has 0 fully saturated rings. The zero-order valence-electron chi connectivity index (χ0n) is 11.0. The SMILES string of the molecule is C=CCNC(=O)CSc1ccc(-c2nc(C)no2)cn1. The fourth-order valence-corrected chi connectivity index (χ4v) is 2.06. The van der Waals surface area contributed by atoms with E-state index in [1.54, 1.807) is 19.2 Å². The lowest BCUT2D eigenvalue weighted by atomic mass is 10.3. The average molecular weight is 290 g/mol. The third-order valence-corrected chi connectivity index (χ3v) is 3.25. The average Bonchev–Trinajstić information content (AvgIpc) is 2.90. The number of thioether (sulfide) groups is 1. The predicted molar refractivity (Wildman–Crippen MR) is 76.2 cm³/mol. The highest BCUT2D eigenvalue weighted by Gasteiger charge is 2.07. The molecular formula is C13H14N4O2S. The van der Waals surface area contributed by atoms with Crippen molar-refractivity contribution in [2.75, 3.05) is 12.3 Å². The predicted octanol–water partition coefficient (Wildman–Crippen LogP) is 1.83. The Labute approximate surface area is 120 Å². The van der Waals surface area contributed by atoms with E-state index in [9.17, 15) is 4.79 Å². The maximum absolute atomic E-state index is 11.4. The number of aromatic nitrogens is 3. The van der Waals surface area contributed by atoms with Crippen molar-refractivity contribution in [1.82, 2.24) is 20.4 Å². The van der Waals surface area contributed by atoms with Gasteiger partial charge in [0.2, 0.25) is 5.91 Å². The lowest BCUT2D eigenvalue weighted by Gasteiger charge is -2.02. The normalized spacial score (nSPS) is 10.2. The molecule has 1 amide bonds. The van der Waals surface area contributed by atoms with Gasteiger partial charge < -0.3 is 9.84 Å². The largest absolute Gasteiger partial charge is 0.352 e. The van der Waals surface area contributed by atoms with Crippen LogP contribution in [0.2, 0.25) is 0 Å². The number of nitrogens with one attached hydrogen (secondary N) is 1. The Bertz CT molecular complexity index is 595. The van der Waals surface area contributed by atoms with Crippen molar-refractivity contribution in [3.63, 3.8) is 0 Å². The van der Waals surface area contributed by atoms with Crippen molar-refractivity contribution in [2.24, 2.45) is 0 Å². The second kappa shape index (κ2) is 6.85. The number of hydrogen-bond donors (Lipinski definition) is 1. The number of aryl methyl sites for hydroxylation is 1. The van der Waals surface area contributed by atoms with Gasteiger partial charge in [-0.1, -0.05) is 23.0 Å². The zero-order chi connectivity index (χ0) is 14.4. The van der Waals surface area contributed by atoms with Gasteiger partial charge in [-0.05, 0) is 19.1 Å². The van der Waals surface area contributed by atoms with Crippen LogP contribution in [-0.2, 0) is 4.79 Å². The molecule has 0 aromatic carbocycles. The fourth-order valence-electron chi connectivity index (χ4n) is 1.38. The first kappa shape index (κ1) is 14.3. The Kier molecular flexibility index (Phi) is 4.89. The highest BCUT2D eigenvalue weighted by Crippen LogP contribution is 2.20. The van der Waals surface area contributed by atoms with Gasteiger partial charge in [0.25, 0.3) is 5.89 Å². The van der Waals surface area contributed by atoms with Crippen LogP contribution in [0, 0.1) is 6.92 Å². The molecule has 0 radical (unpaired) electrons. The molecule has 0 unspecified atom stereocenters. The van der Waals surface area contributed by atoms with Gasteiger partial charge in [-0.25, -0.2) is 4.98 Å². The number of amides is 1. The van der Waals surface area contributed by atoms with Crippen molar-refractivity contribution in [1.29, 1.82) is 0 Å². The first-order chi connectivity index (χ1) is 9.69. The van der Waals surface area contributed by atoms with E-state index in [1.165, 1.54) is 11.8 Å². The summed E-state index contributed by atoms with van der Waals surface area (Å²) < 4.78 is 5.05. The molecule has 0 aliphatic rings. The number of carbonyl (C=O) groups is 1. The van der Waals surface area contributed by atoms with E-state index in [-0.39, 0.29) is 5.91 Å². The van der Waals surface area contributed by atoms with E-state index < -0.39 is 0 Å². The summed E-state index contributed by atoms with van der Waals surface area (Å²) in [7, 11) is 0. The number of pyridine rings is 1. The standard InChI is InChI=1S/C13H14N4O2S/c1-3-6-14-11(18)8-20-12-5-4-10(7-15-12)13-16-9(2)17-19-13/h3-5,7H,1,6,8H2,2H3,(H,14,18). The summed E-state index contributed by atoms with van der Waals surface area (Å²) in [5.74, 6) is 1.29. The summed E-state index contributed by atoms with van der Waals surface area (Å²) in [4.78, 5) is 19.8. The van der Waals surface area contributed by atoms with Gasteiger partial charge in [-0.3, -0.25) is 4.79 Å². The van der Waals surface area contributed by atoms with Gasteiger partial charge >= 0.3 is 0 Å². The van der Waals surface area contributed by atoms with Gasteiger partial charge in [0, 0.05) is 12.7 Å². The Morgan fingerprint density at radius 2 is 2.40 bits per heavy atom. The van der Waals surface area contributed by atoms with E-state index >= 15 is 0 Å². The van der Waals surface area contributed by atoms with Crippen LogP contribution in [0.5, 0.6) is 0 Å². The molecule has 0 aliphatic carbocycles. The molecule has 7 heteroatoms. The van der Waals surface area contributed by atoms with Crippen molar-refractivity contribution in [3.8, 4) is 11.5 Å². The van der Waals surface area contributed by atoms with Crippen LogP contribution < -0.4 is 5.32 Å². The van der Waals surface area contributed by atoms with Gasteiger partial charge in [0.05, 0.1) is 16.3 Å². The lowest BCUT2D eigenvalue weighted by molar-refractivity contribution is -0.118. The van der Waals surface area contributed by atoms with Crippen molar-refractivity contribution in [3.05, 3.63) is 36.8 Å². The molecule has 0 bridgehead atoms. The summed E-state index contributed by atoms with van der Waals surface area (Å²) in [5, 5.41) is 7.19. The molecule has 20 heavy (non-hydrogen) atoms. The highest BCUT2D eigenvalue weighted by atomic mass is 32.2. The second-order valence-corrected chi connectivity index (χ2v) is 4.91. The maximum atomic E-state index is 11.4. The summed E-state index contributed by atoms with van der Waals surface area (Å²) in [6, 6.07) is 3.66. The van der Waals surface area contributed by atoms with Crippen molar-refractivity contribution in [2.45, 2.75) is 11.9 Å². The van der Waals surface area contributed by atoms with Crippen molar-refractivity contribution >= 4 is 17.7 Å². The van der Waals surface area contributed by atoms with E-state index in [0.29, 0.717) is 24.0 Å². The maximum Gasteiger partial charge on any atom is 0.259 e. The van der Waals surface area contributed by atoms with E-state index in [1.807, 2.05) is 12.1 Å². The second-order valence-electron chi connectivity index (χ2n) is 3.91. The third kappa shape index (κ3) is 3.92. The Hall–Kier alpha value is -2.15. The van der Waals surface area contributed by atoms with Crippen LogP contribution in [0.3, 0.4) is 0 Å². The molecule has 0 aliphatic heterocycles. The van der Waals surface area contributed by atoms with Gasteiger partial charge in [-0.15, -0.1) is 6.58 Å². The van der Waals surface area contributed by atoms with E-state index in [0.717, 1.165) is 10.6 Å². The molecule has 0 spiro atoms.